The van der Waals surface area contributed by atoms with Gasteiger partial charge in [-0.2, -0.15) is 0 Å². The fourth-order valence-electron chi connectivity index (χ4n) is 6.83. The molecule has 5 rings (SSSR count). The second-order valence-corrected chi connectivity index (χ2v) is 8.58. The highest BCUT2D eigenvalue weighted by atomic mass is 16.6. The Labute approximate surface area is 127 Å². The SMILES string of the molecule is CC12CCC3C4CCC(=O)C=C4CCC3C1CCC21CO1. The van der Waals surface area contributed by atoms with Gasteiger partial charge in [0.15, 0.2) is 5.78 Å². The van der Waals surface area contributed by atoms with Gasteiger partial charge in [0.05, 0.1) is 12.2 Å². The van der Waals surface area contributed by atoms with Crippen LogP contribution in [0, 0.1) is 29.1 Å². The minimum Gasteiger partial charge on any atom is -0.369 e. The Balaban J connectivity index is 1.47. The molecule has 0 amide bonds. The molecule has 0 bridgehead atoms. The standard InChI is InChI=1S/C19H26O2/c1-18-8-6-15-14-5-3-13(20)10-12(14)2-4-16(15)17(18)7-9-19(18)11-21-19/h10,14-17H,2-9,11H2,1H3. The first-order valence-corrected chi connectivity index (χ1v) is 9.00. The Morgan fingerprint density at radius 3 is 2.76 bits per heavy atom. The van der Waals surface area contributed by atoms with Gasteiger partial charge in [0.25, 0.3) is 0 Å². The van der Waals surface area contributed by atoms with Gasteiger partial charge in [-0.05, 0) is 74.7 Å². The van der Waals surface area contributed by atoms with Crippen molar-refractivity contribution in [2.24, 2.45) is 29.1 Å². The van der Waals surface area contributed by atoms with Crippen molar-refractivity contribution in [2.75, 3.05) is 6.61 Å². The molecule has 0 radical (unpaired) electrons. The van der Waals surface area contributed by atoms with E-state index in [9.17, 15) is 4.79 Å². The average molecular weight is 286 g/mol. The molecule has 2 heteroatoms. The number of allylic oxidation sites excluding steroid dienone is 1. The van der Waals surface area contributed by atoms with Gasteiger partial charge >= 0.3 is 0 Å². The van der Waals surface area contributed by atoms with Crippen molar-refractivity contribution in [3.05, 3.63) is 11.6 Å². The number of hydrogen-bond acceptors (Lipinski definition) is 2. The van der Waals surface area contributed by atoms with E-state index < -0.39 is 0 Å². The summed E-state index contributed by atoms with van der Waals surface area (Å²) in [6, 6.07) is 0. The lowest BCUT2D eigenvalue weighted by Crippen LogP contribution is -2.48. The minimum absolute atomic E-state index is 0.279. The van der Waals surface area contributed by atoms with E-state index in [1.165, 1.54) is 44.1 Å². The third-order valence-electron chi connectivity index (χ3n) is 8.08. The van der Waals surface area contributed by atoms with E-state index in [-0.39, 0.29) is 5.60 Å². The number of ketones is 1. The number of carbonyl (C=O) groups is 1. The zero-order valence-electron chi connectivity index (χ0n) is 13.1. The van der Waals surface area contributed by atoms with Crippen molar-refractivity contribution in [1.82, 2.24) is 0 Å². The Bertz CT molecular complexity index is 530. The van der Waals surface area contributed by atoms with Crippen LogP contribution in [-0.4, -0.2) is 18.0 Å². The molecule has 3 saturated carbocycles. The van der Waals surface area contributed by atoms with Crippen LogP contribution in [0.5, 0.6) is 0 Å². The van der Waals surface area contributed by atoms with Crippen LogP contribution in [0.3, 0.4) is 0 Å². The van der Waals surface area contributed by atoms with Crippen LogP contribution in [0.15, 0.2) is 11.6 Å². The first-order chi connectivity index (χ1) is 10.1. The molecule has 0 aromatic carbocycles. The highest BCUT2D eigenvalue weighted by Gasteiger charge is 2.68. The fraction of sp³-hybridized carbons (Fsp3) is 0.842. The van der Waals surface area contributed by atoms with Crippen LogP contribution in [0.4, 0.5) is 0 Å². The van der Waals surface area contributed by atoms with E-state index in [4.69, 9.17) is 4.74 Å². The van der Waals surface area contributed by atoms with Gasteiger partial charge in [-0.3, -0.25) is 4.79 Å². The molecule has 1 aliphatic heterocycles. The molecule has 2 nitrogen and oxygen atoms in total. The largest absolute Gasteiger partial charge is 0.369 e. The molecule has 6 unspecified atom stereocenters. The summed E-state index contributed by atoms with van der Waals surface area (Å²) in [5.74, 6) is 3.78. The summed E-state index contributed by atoms with van der Waals surface area (Å²) in [6.07, 6.45) is 11.9. The molecule has 0 aromatic heterocycles. The van der Waals surface area contributed by atoms with Crippen LogP contribution in [0.1, 0.15) is 58.3 Å². The number of carbonyl (C=O) groups excluding carboxylic acids is 1. The first kappa shape index (κ1) is 12.9. The molecule has 21 heavy (non-hydrogen) atoms. The Hall–Kier alpha value is -0.630. The Morgan fingerprint density at radius 1 is 1.10 bits per heavy atom. The zero-order chi connectivity index (χ0) is 14.2. The smallest absolute Gasteiger partial charge is 0.155 e. The predicted octanol–water partition coefficient (Wildman–Crippen LogP) is 3.90. The molecule has 6 atom stereocenters. The summed E-state index contributed by atoms with van der Waals surface area (Å²) in [7, 11) is 0. The second kappa shape index (κ2) is 4.01. The van der Waals surface area contributed by atoms with Gasteiger partial charge in [-0.15, -0.1) is 0 Å². The summed E-state index contributed by atoms with van der Waals surface area (Å²) in [5.41, 5.74) is 2.24. The number of rotatable bonds is 0. The van der Waals surface area contributed by atoms with E-state index in [0.717, 1.165) is 43.1 Å². The summed E-state index contributed by atoms with van der Waals surface area (Å²) < 4.78 is 5.97. The van der Waals surface area contributed by atoms with Gasteiger partial charge in [-0.25, -0.2) is 0 Å². The van der Waals surface area contributed by atoms with Crippen molar-refractivity contribution >= 4 is 5.78 Å². The van der Waals surface area contributed by atoms with Crippen LogP contribution in [0.2, 0.25) is 0 Å². The molecule has 1 heterocycles. The summed E-state index contributed by atoms with van der Waals surface area (Å²) in [6.45, 7) is 3.56. The molecule has 4 fully saturated rings. The molecule has 114 valence electrons. The normalized spacial score (nSPS) is 54.7. The molecule has 1 spiro atoms. The number of fused-ring (bicyclic) bond motifs is 6. The minimum atomic E-state index is 0.279. The molecule has 4 aliphatic carbocycles. The quantitative estimate of drug-likeness (QED) is 0.632. The van der Waals surface area contributed by atoms with E-state index in [2.05, 4.69) is 6.92 Å². The highest BCUT2D eigenvalue weighted by molar-refractivity contribution is 5.91. The zero-order valence-corrected chi connectivity index (χ0v) is 13.1. The molecule has 0 aromatic rings. The third kappa shape index (κ3) is 1.55. The van der Waals surface area contributed by atoms with Crippen molar-refractivity contribution in [3.8, 4) is 0 Å². The fourth-order valence-corrected chi connectivity index (χ4v) is 6.83. The topological polar surface area (TPSA) is 29.6 Å². The molecule has 0 N–H and O–H groups in total. The Kier molecular flexibility index (Phi) is 2.46. The van der Waals surface area contributed by atoms with Crippen molar-refractivity contribution in [2.45, 2.75) is 63.9 Å². The van der Waals surface area contributed by atoms with Crippen molar-refractivity contribution in [1.29, 1.82) is 0 Å². The Morgan fingerprint density at radius 2 is 1.95 bits per heavy atom. The first-order valence-electron chi connectivity index (χ1n) is 9.00. The second-order valence-electron chi connectivity index (χ2n) is 8.58. The van der Waals surface area contributed by atoms with Crippen molar-refractivity contribution < 1.29 is 9.53 Å². The van der Waals surface area contributed by atoms with Gasteiger partial charge < -0.3 is 4.74 Å². The van der Waals surface area contributed by atoms with Crippen LogP contribution >= 0.6 is 0 Å². The van der Waals surface area contributed by atoms with Gasteiger partial charge in [0.1, 0.15) is 0 Å². The maximum atomic E-state index is 11.7. The van der Waals surface area contributed by atoms with Crippen molar-refractivity contribution in [3.63, 3.8) is 0 Å². The molecule has 5 aliphatic rings. The van der Waals surface area contributed by atoms with Crippen LogP contribution in [0.25, 0.3) is 0 Å². The lowest BCUT2D eigenvalue weighted by atomic mass is 9.51. The number of epoxide rings is 1. The highest BCUT2D eigenvalue weighted by Crippen LogP contribution is 2.69. The van der Waals surface area contributed by atoms with Crippen LogP contribution in [-0.2, 0) is 9.53 Å². The summed E-state index contributed by atoms with van der Waals surface area (Å²) >= 11 is 0. The van der Waals surface area contributed by atoms with Gasteiger partial charge in [0, 0.05) is 11.8 Å². The summed E-state index contributed by atoms with van der Waals surface area (Å²) in [4.78, 5) is 11.7. The monoisotopic (exact) mass is 286 g/mol. The van der Waals surface area contributed by atoms with Gasteiger partial charge in [-0.1, -0.05) is 12.5 Å². The maximum Gasteiger partial charge on any atom is 0.155 e. The lowest BCUT2D eigenvalue weighted by Gasteiger charge is -2.53. The van der Waals surface area contributed by atoms with E-state index in [1.807, 2.05) is 6.08 Å². The third-order valence-corrected chi connectivity index (χ3v) is 8.08. The number of ether oxygens (including phenoxy) is 1. The van der Waals surface area contributed by atoms with Gasteiger partial charge in [0.2, 0.25) is 0 Å². The average Bonchev–Trinajstić information content (AvgIpc) is 3.20. The predicted molar refractivity (Wildman–Crippen MR) is 80.8 cm³/mol. The number of hydrogen-bond donors (Lipinski definition) is 0. The summed E-state index contributed by atoms with van der Waals surface area (Å²) in [5, 5.41) is 0. The van der Waals surface area contributed by atoms with E-state index in [1.54, 1.807) is 0 Å². The lowest BCUT2D eigenvalue weighted by molar-refractivity contribution is -0.116. The van der Waals surface area contributed by atoms with E-state index in [0.29, 0.717) is 11.2 Å². The molecule has 1 saturated heterocycles. The molecular weight excluding hydrogens is 260 g/mol. The van der Waals surface area contributed by atoms with E-state index >= 15 is 0 Å². The van der Waals surface area contributed by atoms with Crippen LogP contribution < -0.4 is 0 Å². The maximum absolute atomic E-state index is 11.7. The molecular formula is C19H26O2.